The van der Waals surface area contributed by atoms with E-state index >= 15 is 0 Å². The monoisotopic (exact) mass is 244 g/mol. The number of nitrogens with zero attached hydrogens (tertiary/aromatic N) is 2. The first-order valence-electron chi connectivity index (χ1n) is 6.39. The number of carbonyl (C=O) groups excluding carboxylic acids is 1. The Morgan fingerprint density at radius 2 is 2.00 bits per heavy atom. The lowest BCUT2D eigenvalue weighted by atomic mass is 10.1. The maximum atomic E-state index is 12.0. The van der Waals surface area contributed by atoms with Crippen molar-refractivity contribution in [1.82, 2.24) is 5.01 Å². The molecule has 0 radical (unpaired) electrons. The van der Waals surface area contributed by atoms with Gasteiger partial charge in [0.05, 0.1) is 24.3 Å². The molecule has 1 amide bonds. The van der Waals surface area contributed by atoms with Gasteiger partial charge in [0, 0.05) is 0 Å². The van der Waals surface area contributed by atoms with Crippen LogP contribution in [0.15, 0.2) is 35.4 Å². The van der Waals surface area contributed by atoms with Crippen molar-refractivity contribution >= 4 is 11.6 Å². The molecule has 0 spiro atoms. The van der Waals surface area contributed by atoms with Gasteiger partial charge >= 0.3 is 0 Å². The Morgan fingerprint density at radius 3 is 2.67 bits per heavy atom. The van der Waals surface area contributed by atoms with Gasteiger partial charge in [0.1, 0.15) is 0 Å². The second kappa shape index (κ2) is 4.53. The molecular formula is C14H16N2O2. The molecule has 18 heavy (non-hydrogen) atoms. The zero-order valence-electron chi connectivity index (χ0n) is 10.1. The molecule has 1 N–H and O–H groups in total. The fourth-order valence-corrected chi connectivity index (χ4v) is 2.70. The van der Waals surface area contributed by atoms with Crippen molar-refractivity contribution in [3.63, 3.8) is 0 Å². The van der Waals surface area contributed by atoms with Crippen LogP contribution in [0.3, 0.4) is 0 Å². The average molecular weight is 244 g/mol. The fraction of sp³-hybridized carbons (Fsp3) is 0.429. The van der Waals surface area contributed by atoms with Gasteiger partial charge in [0.15, 0.2) is 0 Å². The molecule has 2 unspecified atom stereocenters. The molecule has 1 aromatic rings. The van der Waals surface area contributed by atoms with E-state index in [2.05, 4.69) is 5.10 Å². The molecule has 0 saturated heterocycles. The second-order valence-corrected chi connectivity index (χ2v) is 4.89. The van der Waals surface area contributed by atoms with Crippen molar-refractivity contribution in [2.24, 2.45) is 5.10 Å². The summed E-state index contributed by atoms with van der Waals surface area (Å²) in [5, 5.41) is 15.8. The minimum Gasteiger partial charge on any atom is -0.391 e. The number of aliphatic hydroxyl groups excluding tert-OH is 1. The number of amides is 1. The van der Waals surface area contributed by atoms with Gasteiger partial charge in [0.25, 0.3) is 0 Å². The molecule has 4 nitrogen and oxygen atoms in total. The molecule has 3 rings (SSSR count). The summed E-state index contributed by atoms with van der Waals surface area (Å²) >= 11 is 0. The number of aliphatic hydroxyl groups is 1. The Labute approximate surface area is 106 Å². The van der Waals surface area contributed by atoms with Crippen molar-refractivity contribution in [3.8, 4) is 0 Å². The summed E-state index contributed by atoms with van der Waals surface area (Å²) in [6.07, 6.45) is 2.50. The lowest BCUT2D eigenvalue weighted by molar-refractivity contribution is -0.132. The number of rotatable bonds is 2. The molecule has 2 atom stereocenters. The van der Waals surface area contributed by atoms with Gasteiger partial charge < -0.3 is 5.11 Å². The minimum atomic E-state index is -0.423. The van der Waals surface area contributed by atoms with Gasteiger partial charge in [0.2, 0.25) is 5.91 Å². The average Bonchev–Trinajstić information content (AvgIpc) is 2.96. The van der Waals surface area contributed by atoms with Gasteiger partial charge in [-0.25, -0.2) is 5.01 Å². The van der Waals surface area contributed by atoms with Crippen molar-refractivity contribution in [2.75, 3.05) is 0 Å². The van der Waals surface area contributed by atoms with Crippen LogP contribution >= 0.6 is 0 Å². The molecular weight excluding hydrogens is 228 g/mol. The number of hydrogen-bond donors (Lipinski definition) is 1. The third-order valence-corrected chi connectivity index (χ3v) is 3.67. The molecule has 1 aliphatic carbocycles. The highest BCUT2D eigenvalue weighted by Gasteiger charge is 2.37. The fourth-order valence-electron chi connectivity index (χ4n) is 2.70. The lowest BCUT2D eigenvalue weighted by Crippen LogP contribution is -2.38. The highest BCUT2D eigenvalue weighted by Crippen LogP contribution is 2.28. The van der Waals surface area contributed by atoms with Crippen molar-refractivity contribution < 1.29 is 9.90 Å². The highest BCUT2D eigenvalue weighted by molar-refractivity contribution is 6.13. The van der Waals surface area contributed by atoms with Crippen molar-refractivity contribution in [3.05, 3.63) is 35.9 Å². The zero-order valence-corrected chi connectivity index (χ0v) is 10.1. The van der Waals surface area contributed by atoms with E-state index in [-0.39, 0.29) is 11.9 Å². The quantitative estimate of drug-likeness (QED) is 0.858. The smallest absolute Gasteiger partial charge is 0.249 e. The standard InChI is InChI=1S/C14H16N2O2/c17-13-8-4-7-12(13)16-14(18)9-11(15-16)10-5-2-1-3-6-10/h1-3,5-6,12-13,17H,4,7-9H2. The van der Waals surface area contributed by atoms with E-state index in [0.29, 0.717) is 6.42 Å². The first kappa shape index (κ1) is 11.4. The predicted molar refractivity (Wildman–Crippen MR) is 68.1 cm³/mol. The van der Waals surface area contributed by atoms with Crippen LogP contribution in [-0.2, 0) is 4.79 Å². The van der Waals surface area contributed by atoms with Gasteiger partial charge in [-0.1, -0.05) is 30.3 Å². The van der Waals surface area contributed by atoms with Crippen LogP contribution in [0, 0.1) is 0 Å². The third-order valence-electron chi connectivity index (χ3n) is 3.67. The molecule has 94 valence electrons. The summed E-state index contributed by atoms with van der Waals surface area (Å²) < 4.78 is 0. The Hall–Kier alpha value is -1.68. The Balaban J connectivity index is 1.85. The summed E-state index contributed by atoms with van der Waals surface area (Å²) in [7, 11) is 0. The normalized spacial score (nSPS) is 27.7. The second-order valence-electron chi connectivity index (χ2n) is 4.89. The zero-order chi connectivity index (χ0) is 12.5. The largest absolute Gasteiger partial charge is 0.391 e. The molecule has 1 aliphatic heterocycles. The van der Waals surface area contributed by atoms with E-state index in [4.69, 9.17) is 0 Å². The van der Waals surface area contributed by atoms with E-state index in [9.17, 15) is 9.90 Å². The Morgan fingerprint density at radius 1 is 1.22 bits per heavy atom. The van der Waals surface area contributed by atoms with Gasteiger partial charge in [-0.15, -0.1) is 0 Å². The van der Waals surface area contributed by atoms with E-state index in [0.717, 1.165) is 30.5 Å². The summed E-state index contributed by atoms with van der Waals surface area (Å²) in [4.78, 5) is 12.0. The summed E-state index contributed by atoms with van der Waals surface area (Å²) in [5.74, 6) is -0.000182. The number of carbonyl (C=O) groups is 1. The van der Waals surface area contributed by atoms with Gasteiger partial charge in [-0.05, 0) is 24.8 Å². The molecule has 0 aromatic heterocycles. The summed E-state index contributed by atoms with van der Waals surface area (Å²) in [5.41, 5.74) is 1.79. The molecule has 0 bridgehead atoms. The first-order valence-corrected chi connectivity index (χ1v) is 6.39. The van der Waals surface area contributed by atoms with E-state index in [1.807, 2.05) is 30.3 Å². The number of hydrogen-bond acceptors (Lipinski definition) is 3. The van der Waals surface area contributed by atoms with Crippen LogP contribution in [0.25, 0.3) is 0 Å². The van der Waals surface area contributed by atoms with Crippen LogP contribution in [0.5, 0.6) is 0 Å². The van der Waals surface area contributed by atoms with E-state index in [1.54, 1.807) is 0 Å². The molecule has 2 aliphatic rings. The van der Waals surface area contributed by atoms with Crippen LogP contribution in [0.2, 0.25) is 0 Å². The molecule has 1 fully saturated rings. The van der Waals surface area contributed by atoms with E-state index in [1.165, 1.54) is 5.01 Å². The summed E-state index contributed by atoms with van der Waals surface area (Å²) in [6.45, 7) is 0. The van der Waals surface area contributed by atoms with Crippen LogP contribution in [0.4, 0.5) is 0 Å². The summed E-state index contributed by atoms with van der Waals surface area (Å²) in [6, 6.07) is 9.62. The molecule has 1 saturated carbocycles. The Kier molecular flexibility index (Phi) is 2.88. The molecule has 4 heteroatoms. The van der Waals surface area contributed by atoms with Gasteiger partial charge in [-0.2, -0.15) is 5.10 Å². The lowest BCUT2D eigenvalue weighted by Gasteiger charge is -2.22. The molecule has 1 aromatic carbocycles. The minimum absolute atomic E-state index is 0.000182. The van der Waals surface area contributed by atoms with E-state index < -0.39 is 6.10 Å². The van der Waals surface area contributed by atoms with Crippen LogP contribution < -0.4 is 0 Å². The first-order chi connectivity index (χ1) is 8.75. The molecule has 1 heterocycles. The van der Waals surface area contributed by atoms with Crippen LogP contribution in [0.1, 0.15) is 31.2 Å². The topological polar surface area (TPSA) is 52.9 Å². The predicted octanol–water partition coefficient (Wildman–Crippen LogP) is 1.54. The third kappa shape index (κ3) is 1.93. The highest BCUT2D eigenvalue weighted by atomic mass is 16.3. The maximum absolute atomic E-state index is 12.0. The Bertz CT molecular complexity index is 484. The number of benzene rings is 1. The SMILES string of the molecule is O=C1CC(c2ccccc2)=NN1C1CCCC1O. The number of hydrazone groups is 1. The van der Waals surface area contributed by atoms with Gasteiger partial charge in [-0.3, -0.25) is 4.79 Å². The van der Waals surface area contributed by atoms with Crippen molar-refractivity contribution in [1.29, 1.82) is 0 Å². The van der Waals surface area contributed by atoms with Crippen LogP contribution in [-0.4, -0.2) is 33.9 Å². The maximum Gasteiger partial charge on any atom is 0.249 e. The van der Waals surface area contributed by atoms with Crippen molar-refractivity contribution in [2.45, 2.75) is 37.8 Å².